The van der Waals surface area contributed by atoms with Crippen LogP contribution >= 0.6 is 23.2 Å². The molecule has 0 unspecified atom stereocenters. The van der Waals surface area contributed by atoms with E-state index in [9.17, 15) is 9.59 Å². The van der Waals surface area contributed by atoms with E-state index in [-0.39, 0.29) is 11.6 Å². The van der Waals surface area contributed by atoms with Gasteiger partial charge in [-0.25, -0.2) is 5.43 Å². The molecule has 0 aromatic heterocycles. The third-order valence-electron chi connectivity index (χ3n) is 4.40. The van der Waals surface area contributed by atoms with Crippen LogP contribution in [0.1, 0.15) is 27.0 Å². The van der Waals surface area contributed by atoms with Gasteiger partial charge in [0.2, 0.25) is 0 Å². The lowest BCUT2D eigenvalue weighted by atomic mass is 10.2. The number of carbonyl (C=O) groups excluding carboxylic acids is 2. The summed E-state index contributed by atoms with van der Waals surface area (Å²) in [5.41, 5.74) is 5.75. The molecule has 0 heterocycles. The molecular weight excluding hydrogens is 449 g/mol. The molecule has 0 spiro atoms. The molecule has 0 aliphatic carbocycles. The maximum atomic E-state index is 12.1. The van der Waals surface area contributed by atoms with Gasteiger partial charge in [0.1, 0.15) is 12.4 Å². The van der Waals surface area contributed by atoms with Gasteiger partial charge in [0.05, 0.1) is 22.8 Å². The molecule has 3 aromatic rings. The van der Waals surface area contributed by atoms with Crippen molar-refractivity contribution in [1.29, 1.82) is 0 Å². The summed E-state index contributed by atoms with van der Waals surface area (Å²) in [7, 11) is 0. The predicted molar refractivity (Wildman–Crippen MR) is 126 cm³/mol. The fraction of sp³-hybridized carbons (Fsp3) is 0.125. The predicted octanol–water partition coefficient (Wildman–Crippen LogP) is 4.76. The first kappa shape index (κ1) is 23.3. The summed E-state index contributed by atoms with van der Waals surface area (Å²) < 4.78 is 5.76. The van der Waals surface area contributed by atoms with Gasteiger partial charge in [-0.3, -0.25) is 9.59 Å². The second kappa shape index (κ2) is 11.3. The Labute approximate surface area is 196 Å². The van der Waals surface area contributed by atoms with Crippen LogP contribution in [0.4, 0.5) is 0 Å². The van der Waals surface area contributed by atoms with Crippen molar-refractivity contribution in [2.75, 3.05) is 6.54 Å². The molecule has 0 atom stereocenters. The van der Waals surface area contributed by atoms with Crippen LogP contribution in [0, 0.1) is 6.92 Å². The van der Waals surface area contributed by atoms with Crippen LogP contribution in [0.15, 0.2) is 71.8 Å². The Balaban J connectivity index is 1.41. The van der Waals surface area contributed by atoms with Crippen LogP contribution in [0.5, 0.6) is 5.75 Å². The van der Waals surface area contributed by atoms with Crippen molar-refractivity contribution in [3.63, 3.8) is 0 Å². The van der Waals surface area contributed by atoms with Crippen molar-refractivity contribution in [2.45, 2.75) is 13.5 Å². The zero-order valence-electron chi connectivity index (χ0n) is 17.3. The van der Waals surface area contributed by atoms with Crippen LogP contribution in [0.25, 0.3) is 0 Å². The number of hydrazone groups is 1. The molecule has 6 nitrogen and oxygen atoms in total. The summed E-state index contributed by atoms with van der Waals surface area (Å²) >= 11 is 11.7. The van der Waals surface area contributed by atoms with Gasteiger partial charge in [-0.15, -0.1) is 0 Å². The van der Waals surface area contributed by atoms with E-state index in [4.69, 9.17) is 27.9 Å². The summed E-state index contributed by atoms with van der Waals surface area (Å²) in [6.45, 7) is 2.29. The molecule has 2 N–H and O–H groups in total. The molecule has 3 rings (SSSR count). The lowest BCUT2D eigenvalue weighted by Gasteiger charge is -2.07. The largest absolute Gasteiger partial charge is 0.489 e. The summed E-state index contributed by atoms with van der Waals surface area (Å²) in [6.07, 6.45) is 1.50. The maximum absolute atomic E-state index is 12.1. The van der Waals surface area contributed by atoms with Crippen LogP contribution in [0.3, 0.4) is 0 Å². The topological polar surface area (TPSA) is 79.8 Å². The Bertz CT molecular complexity index is 1110. The van der Waals surface area contributed by atoms with Crippen molar-refractivity contribution >= 4 is 41.2 Å². The average Bonchev–Trinajstić information content (AvgIpc) is 2.80. The highest BCUT2D eigenvalue weighted by Crippen LogP contribution is 2.22. The van der Waals surface area contributed by atoms with E-state index in [1.165, 1.54) is 30.0 Å². The van der Waals surface area contributed by atoms with Crippen LogP contribution in [-0.2, 0) is 11.4 Å². The van der Waals surface area contributed by atoms with Crippen molar-refractivity contribution in [1.82, 2.24) is 10.7 Å². The van der Waals surface area contributed by atoms with Crippen LogP contribution in [-0.4, -0.2) is 24.6 Å². The Morgan fingerprint density at radius 1 is 0.969 bits per heavy atom. The smallest absolute Gasteiger partial charge is 0.259 e. The molecule has 8 heteroatoms. The number of amides is 2. The third kappa shape index (κ3) is 7.11. The van der Waals surface area contributed by atoms with Gasteiger partial charge in [0.25, 0.3) is 11.8 Å². The van der Waals surface area contributed by atoms with Crippen LogP contribution < -0.4 is 15.5 Å². The van der Waals surface area contributed by atoms with E-state index < -0.39 is 11.8 Å². The fourth-order valence-corrected chi connectivity index (χ4v) is 2.92. The SMILES string of the molecule is Cc1ccc(COc2ccc(/C=N\NC(=O)CNC(=O)c3ccc(Cl)c(Cl)c3)cc2)cc1. The molecule has 32 heavy (non-hydrogen) atoms. The lowest BCUT2D eigenvalue weighted by Crippen LogP contribution is -2.34. The molecule has 0 aliphatic rings. The lowest BCUT2D eigenvalue weighted by molar-refractivity contribution is -0.120. The quantitative estimate of drug-likeness (QED) is 0.368. The molecule has 0 saturated carbocycles. The minimum Gasteiger partial charge on any atom is -0.489 e. The van der Waals surface area contributed by atoms with E-state index in [0.29, 0.717) is 17.2 Å². The van der Waals surface area contributed by atoms with Crippen molar-refractivity contribution in [3.8, 4) is 5.75 Å². The van der Waals surface area contributed by atoms with E-state index in [0.717, 1.165) is 16.9 Å². The Kier molecular flexibility index (Phi) is 8.25. The molecule has 0 fully saturated rings. The third-order valence-corrected chi connectivity index (χ3v) is 5.14. The number of rotatable bonds is 8. The van der Waals surface area contributed by atoms with E-state index in [2.05, 4.69) is 15.8 Å². The number of hydrogen-bond acceptors (Lipinski definition) is 4. The summed E-state index contributed by atoms with van der Waals surface area (Å²) in [5, 5.41) is 7.00. The van der Waals surface area contributed by atoms with Gasteiger partial charge >= 0.3 is 0 Å². The van der Waals surface area contributed by atoms with Gasteiger partial charge in [0.15, 0.2) is 0 Å². The van der Waals surface area contributed by atoms with Crippen molar-refractivity contribution < 1.29 is 14.3 Å². The number of halogens is 2. The highest BCUT2D eigenvalue weighted by molar-refractivity contribution is 6.42. The first-order valence-electron chi connectivity index (χ1n) is 9.74. The first-order chi connectivity index (χ1) is 15.4. The summed E-state index contributed by atoms with van der Waals surface area (Å²) in [4.78, 5) is 23.9. The minimum absolute atomic E-state index is 0.234. The Morgan fingerprint density at radius 3 is 2.38 bits per heavy atom. The second-order valence-corrected chi connectivity index (χ2v) is 7.76. The molecule has 164 valence electrons. The highest BCUT2D eigenvalue weighted by Gasteiger charge is 2.09. The second-order valence-electron chi connectivity index (χ2n) is 6.95. The molecule has 0 aliphatic heterocycles. The van der Waals surface area contributed by atoms with E-state index in [1.807, 2.05) is 55.5 Å². The van der Waals surface area contributed by atoms with Gasteiger partial charge in [-0.05, 0) is 60.5 Å². The highest BCUT2D eigenvalue weighted by atomic mass is 35.5. The van der Waals surface area contributed by atoms with Crippen LogP contribution in [0.2, 0.25) is 10.0 Å². The standard InChI is InChI=1S/C24H21Cl2N3O3/c1-16-2-4-18(5-3-16)15-32-20-9-6-17(7-10-20)13-28-29-23(30)14-27-24(31)19-8-11-21(25)22(26)12-19/h2-13H,14-15H2,1H3,(H,27,31)(H,29,30)/b28-13-. The average molecular weight is 470 g/mol. The number of carbonyl (C=O) groups is 2. The Morgan fingerprint density at radius 2 is 1.69 bits per heavy atom. The number of nitrogens with one attached hydrogen (secondary N) is 2. The van der Waals surface area contributed by atoms with Gasteiger partial charge in [0, 0.05) is 5.56 Å². The monoisotopic (exact) mass is 469 g/mol. The summed E-state index contributed by atoms with van der Waals surface area (Å²) in [6, 6.07) is 19.9. The molecule has 3 aromatic carbocycles. The first-order valence-corrected chi connectivity index (χ1v) is 10.5. The molecule has 2 amide bonds. The molecule has 0 bridgehead atoms. The molecule has 0 radical (unpaired) electrons. The Hall–Kier alpha value is -3.35. The number of ether oxygens (including phenoxy) is 1. The molecule has 0 saturated heterocycles. The number of nitrogens with zero attached hydrogens (tertiary/aromatic N) is 1. The van der Waals surface area contributed by atoms with E-state index >= 15 is 0 Å². The number of aryl methyl sites for hydroxylation is 1. The zero-order chi connectivity index (χ0) is 22.9. The normalized spacial score (nSPS) is 10.7. The zero-order valence-corrected chi connectivity index (χ0v) is 18.8. The van der Waals surface area contributed by atoms with Gasteiger partial charge < -0.3 is 10.1 Å². The number of benzene rings is 3. The van der Waals surface area contributed by atoms with Gasteiger partial charge in [-0.2, -0.15) is 5.10 Å². The van der Waals surface area contributed by atoms with Gasteiger partial charge in [-0.1, -0.05) is 53.0 Å². The molecular formula is C24H21Cl2N3O3. The summed E-state index contributed by atoms with van der Waals surface area (Å²) in [5.74, 6) is -0.173. The fourth-order valence-electron chi connectivity index (χ4n) is 2.62. The maximum Gasteiger partial charge on any atom is 0.259 e. The van der Waals surface area contributed by atoms with Crippen molar-refractivity contribution in [2.24, 2.45) is 5.10 Å². The van der Waals surface area contributed by atoms with E-state index in [1.54, 1.807) is 0 Å². The number of hydrogen-bond donors (Lipinski definition) is 2. The minimum atomic E-state index is -0.465. The van der Waals surface area contributed by atoms with Crippen molar-refractivity contribution in [3.05, 3.63) is 99.0 Å².